The van der Waals surface area contributed by atoms with E-state index >= 15 is 0 Å². The number of carbonyl (C=O) groups is 2. The van der Waals surface area contributed by atoms with Gasteiger partial charge in [-0.2, -0.15) is 0 Å². The van der Waals surface area contributed by atoms with Crippen molar-refractivity contribution < 1.29 is 9.59 Å². The third-order valence-electron chi connectivity index (χ3n) is 2.89. The summed E-state index contributed by atoms with van der Waals surface area (Å²) in [5.74, 6) is 0. The monoisotopic (exact) mass is 311 g/mol. The van der Waals surface area contributed by atoms with Gasteiger partial charge in [-0.3, -0.25) is 9.59 Å². The van der Waals surface area contributed by atoms with Gasteiger partial charge in [0.1, 0.15) is 12.6 Å². The van der Waals surface area contributed by atoms with Crippen LogP contribution in [0.25, 0.3) is 0 Å². The van der Waals surface area contributed by atoms with Crippen LogP contribution in [0.3, 0.4) is 0 Å². The molecular weight excluding hydrogens is 279 g/mol. The van der Waals surface area contributed by atoms with Crippen molar-refractivity contribution in [3.05, 3.63) is 46.6 Å². The van der Waals surface area contributed by atoms with Gasteiger partial charge in [-0.25, -0.2) is 0 Å². The summed E-state index contributed by atoms with van der Waals surface area (Å²) in [6, 6.07) is 0. The van der Waals surface area contributed by atoms with Gasteiger partial charge < -0.3 is 0 Å². The third-order valence-corrected chi connectivity index (χ3v) is 2.89. The molecule has 0 atom stereocenters. The first kappa shape index (κ1) is 26.8. The van der Waals surface area contributed by atoms with Crippen LogP contribution in [0.5, 0.6) is 0 Å². The molecule has 0 N–H and O–H groups in total. The average molecular weight is 311 g/mol. The number of hydrogen-bond donors (Lipinski definition) is 0. The normalized spacial score (nSPS) is 10.5. The van der Waals surface area contributed by atoms with Gasteiger partial charge in [-0.05, 0) is 79.4 Å². The standard InChI is InChI=1S/2C10H16O.Li/c2*1-9(2)5-4-6-10(3)7-8-11;/h2*5,7-8H,4,6H2,1-3H3;/b2*10-7-;. The summed E-state index contributed by atoms with van der Waals surface area (Å²) in [6.07, 6.45) is 13.4. The van der Waals surface area contributed by atoms with Crippen molar-refractivity contribution in [2.45, 2.75) is 67.2 Å². The molecule has 0 heterocycles. The number of hydrogen-bond acceptors (Lipinski definition) is 2. The van der Waals surface area contributed by atoms with Crippen LogP contribution in [-0.4, -0.2) is 31.4 Å². The van der Waals surface area contributed by atoms with Crippen molar-refractivity contribution in [3.63, 3.8) is 0 Å². The summed E-state index contributed by atoms with van der Waals surface area (Å²) < 4.78 is 0. The first-order valence-corrected chi connectivity index (χ1v) is 7.82. The van der Waals surface area contributed by atoms with Crippen LogP contribution in [0, 0.1) is 0 Å². The van der Waals surface area contributed by atoms with Crippen LogP contribution in [0.4, 0.5) is 0 Å². The molecular formula is C20H32LiO2. The SMILES string of the molecule is CC(C)=CCC/C(C)=C\C=O.CC(C)=CCC/C(C)=C\C=O.[Li]. The second-order valence-electron chi connectivity index (χ2n) is 5.94. The molecule has 0 aromatic rings. The van der Waals surface area contributed by atoms with Crippen molar-refractivity contribution in [3.8, 4) is 0 Å². The van der Waals surface area contributed by atoms with Gasteiger partial charge in [-0.1, -0.05) is 34.4 Å². The Hall–Kier alpha value is -1.10. The van der Waals surface area contributed by atoms with Crippen LogP contribution in [0.2, 0.25) is 0 Å². The van der Waals surface area contributed by atoms with Crippen LogP contribution in [-0.2, 0) is 9.59 Å². The average Bonchev–Trinajstić information content (AvgIpc) is 2.39. The summed E-state index contributed by atoms with van der Waals surface area (Å²) in [7, 11) is 0. The number of aldehydes is 2. The maximum Gasteiger partial charge on any atom is 0.142 e. The molecule has 0 spiro atoms. The molecule has 0 aliphatic heterocycles. The van der Waals surface area contributed by atoms with E-state index in [1.807, 2.05) is 13.8 Å². The molecule has 3 heteroatoms. The molecule has 0 rings (SSSR count). The van der Waals surface area contributed by atoms with E-state index in [4.69, 9.17) is 0 Å². The van der Waals surface area contributed by atoms with Gasteiger partial charge in [0, 0.05) is 18.9 Å². The van der Waals surface area contributed by atoms with E-state index in [9.17, 15) is 9.59 Å². The molecule has 0 bridgehead atoms. The Kier molecular flexibility index (Phi) is 22.1. The summed E-state index contributed by atoms with van der Waals surface area (Å²) in [5.41, 5.74) is 4.97. The Morgan fingerprint density at radius 3 is 1.17 bits per heavy atom. The van der Waals surface area contributed by atoms with Crippen molar-refractivity contribution in [2.24, 2.45) is 0 Å². The van der Waals surface area contributed by atoms with E-state index in [1.54, 1.807) is 12.2 Å². The predicted octanol–water partition coefficient (Wildman–Crippen LogP) is 5.38. The second kappa shape index (κ2) is 18.9. The summed E-state index contributed by atoms with van der Waals surface area (Å²) in [6.45, 7) is 12.3. The van der Waals surface area contributed by atoms with E-state index in [1.165, 1.54) is 11.1 Å². The van der Waals surface area contributed by atoms with Gasteiger partial charge in [0.15, 0.2) is 0 Å². The van der Waals surface area contributed by atoms with Gasteiger partial charge in [-0.15, -0.1) is 0 Å². The molecule has 0 amide bonds. The van der Waals surface area contributed by atoms with E-state index in [2.05, 4.69) is 39.8 Å². The van der Waals surface area contributed by atoms with Gasteiger partial charge >= 0.3 is 0 Å². The Balaban J connectivity index is -0.000000333. The molecule has 0 saturated carbocycles. The van der Waals surface area contributed by atoms with E-state index < -0.39 is 0 Å². The number of carbonyl (C=O) groups excluding carboxylic acids is 2. The van der Waals surface area contributed by atoms with Crippen LogP contribution in [0.15, 0.2) is 46.6 Å². The van der Waals surface area contributed by atoms with Gasteiger partial charge in [0.25, 0.3) is 0 Å². The van der Waals surface area contributed by atoms with Crippen LogP contribution < -0.4 is 0 Å². The molecule has 0 aliphatic rings. The fourth-order valence-corrected chi connectivity index (χ4v) is 1.58. The minimum absolute atomic E-state index is 0. The Labute approximate surface area is 155 Å². The zero-order valence-electron chi connectivity index (χ0n) is 16.1. The number of allylic oxidation sites excluding steroid dienone is 8. The maximum atomic E-state index is 10.0. The molecule has 0 unspecified atom stereocenters. The van der Waals surface area contributed by atoms with Crippen molar-refractivity contribution in [2.75, 3.05) is 0 Å². The fraction of sp³-hybridized carbons (Fsp3) is 0.500. The molecule has 0 aromatic heterocycles. The van der Waals surface area contributed by atoms with E-state index in [0.29, 0.717) is 0 Å². The minimum Gasteiger partial charge on any atom is -0.299 e. The van der Waals surface area contributed by atoms with Crippen molar-refractivity contribution >= 4 is 31.4 Å². The van der Waals surface area contributed by atoms with Gasteiger partial charge in [0.2, 0.25) is 0 Å². The first-order valence-electron chi connectivity index (χ1n) is 7.82. The van der Waals surface area contributed by atoms with Crippen LogP contribution >= 0.6 is 0 Å². The maximum absolute atomic E-state index is 10.0. The third kappa shape index (κ3) is 26.1. The van der Waals surface area contributed by atoms with Crippen molar-refractivity contribution in [1.29, 1.82) is 0 Å². The molecule has 0 saturated heterocycles. The quantitative estimate of drug-likeness (QED) is 0.261. The zero-order valence-corrected chi connectivity index (χ0v) is 16.1. The minimum atomic E-state index is 0. The molecule has 1 radical (unpaired) electrons. The molecule has 2 nitrogen and oxygen atoms in total. The summed E-state index contributed by atoms with van der Waals surface area (Å²) >= 11 is 0. The Bertz CT molecular complexity index is 391. The first-order chi connectivity index (χ1) is 10.3. The van der Waals surface area contributed by atoms with Crippen molar-refractivity contribution in [1.82, 2.24) is 0 Å². The molecule has 0 aromatic carbocycles. The number of rotatable bonds is 8. The zero-order chi connectivity index (χ0) is 17.4. The van der Waals surface area contributed by atoms with E-state index in [0.717, 1.165) is 49.4 Å². The molecule has 0 fully saturated rings. The van der Waals surface area contributed by atoms with Gasteiger partial charge in [0.05, 0.1) is 0 Å². The summed E-state index contributed by atoms with van der Waals surface area (Å²) in [4.78, 5) is 20.0. The fourth-order valence-electron chi connectivity index (χ4n) is 1.58. The topological polar surface area (TPSA) is 34.1 Å². The Morgan fingerprint density at radius 1 is 0.652 bits per heavy atom. The second-order valence-corrected chi connectivity index (χ2v) is 5.94. The Morgan fingerprint density at radius 2 is 0.957 bits per heavy atom. The molecule has 23 heavy (non-hydrogen) atoms. The largest absolute Gasteiger partial charge is 0.299 e. The van der Waals surface area contributed by atoms with Crippen LogP contribution in [0.1, 0.15) is 67.2 Å². The smallest absolute Gasteiger partial charge is 0.142 e. The van der Waals surface area contributed by atoms with E-state index in [-0.39, 0.29) is 18.9 Å². The molecule has 125 valence electrons. The summed E-state index contributed by atoms with van der Waals surface area (Å²) in [5, 5.41) is 0. The molecule has 0 aliphatic carbocycles. The predicted molar refractivity (Wildman–Crippen MR) is 103 cm³/mol.